The lowest BCUT2D eigenvalue weighted by Crippen LogP contribution is -2.36. The summed E-state index contributed by atoms with van der Waals surface area (Å²) < 4.78 is 27.7. The third kappa shape index (κ3) is 3.96. The van der Waals surface area contributed by atoms with Crippen LogP contribution in [0.2, 0.25) is 0 Å². The average Bonchev–Trinajstić information content (AvgIpc) is 3.22. The Labute approximate surface area is 129 Å². The summed E-state index contributed by atoms with van der Waals surface area (Å²) in [6, 6.07) is 4.58. The molecular weight excluding hydrogens is 314 g/mol. The number of carbonyl (C=O) groups excluding carboxylic acids is 1. The maximum absolute atomic E-state index is 12.6. The fraction of sp³-hybridized carbons (Fsp3) is 0.500. The summed E-state index contributed by atoms with van der Waals surface area (Å²) in [6.45, 7) is 2.73. The Morgan fingerprint density at radius 3 is 2.57 bits per heavy atom. The van der Waals surface area contributed by atoms with Gasteiger partial charge in [-0.3, -0.25) is 4.79 Å². The van der Waals surface area contributed by atoms with Gasteiger partial charge >= 0.3 is 0 Å². The maximum Gasteiger partial charge on any atom is 0.261 e. The molecule has 2 rings (SSSR count). The van der Waals surface area contributed by atoms with Crippen LogP contribution in [0.15, 0.2) is 23.1 Å². The summed E-state index contributed by atoms with van der Waals surface area (Å²) in [5.41, 5.74) is 1.10. The Kier molecular flexibility index (Phi) is 4.91. The highest BCUT2D eigenvalue weighted by atomic mass is 35.7. The summed E-state index contributed by atoms with van der Waals surface area (Å²) in [7, 11) is 3.13. The van der Waals surface area contributed by atoms with Crippen molar-refractivity contribution < 1.29 is 17.9 Å². The number of hydrogen-bond donors (Lipinski definition) is 0. The van der Waals surface area contributed by atoms with Gasteiger partial charge in [0.05, 0.1) is 11.5 Å². The molecular formula is C14H18ClNO4S. The van der Waals surface area contributed by atoms with Gasteiger partial charge in [0.15, 0.2) is 0 Å². The number of aryl methyl sites for hydroxylation is 1. The van der Waals surface area contributed by atoms with Crippen molar-refractivity contribution in [3.05, 3.63) is 29.3 Å². The molecule has 1 aliphatic carbocycles. The fourth-order valence-electron chi connectivity index (χ4n) is 2.21. The zero-order valence-corrected chi connectivity index (χ0v) is 13.6. The largest absolute Gasteiger partial charge is 0.383 e. The first-order valence-corrected chi connectivity index (χ1v) is 9.00. The van der Waals surface area contributed by atoms with Crippen molar-refractivity contribution in [1.29, 1.82) is 0 Å². The highest BCUT2D eigenvalue weighted by Crippen LogP contribution is 2.29. The Bertz CT molecular complexity index is 640. The van der Waals surface area contributed by atoms with Gasteiger partial charge in [-0.2, -0.15) is 0 Å². The molecule has 7 heteroatoms. The van der Waals surface area contributed by atoms with Gasteiger partial charge < -0.3 is 9.64 Å². The highest BCUT2D eigenvalue weighted by molar-refractivity contribution is 8.13. The van der Waals surface area contributed by atoms with E-state index < -0.39 is 9.05 Å². The van der Waals surface area contributed by atoms with Gasteiger partial charge in [-0.25, -0.2) is 8.42 Å². The van der Waals surface area contributed by atoms with Crippen molar-refractivity contribution in [2.75, 3.05) is 20.3 Å². The van der Waals surface area contributed by atoms with Crippen molar-refractivity contribution in [2.45, 2.75) is 30.7 Å². The molecule has 0 heterocycles. The van der Waals surface area contributed by atoms with E-state index in [1.54, 1.807) is 18.9 Å². The van der Waals surface area contributed by atoms with Crippen molar-refractivity contribution in [2.24, 2.45) is 0 Å². The first kappa shape index (κ1) is 16.3. The molecule has 0 aromatic heterocycles. The molecule has 0 aliphatic heterocycles. The van der Waals surface area contributed by atoms with E-state index in [4.69, 9.17) is 15.4 Å². The predicted molar refractivity (Wildman–Crippen MR) is 80.2 cm³/mol. The molecule has 5 nitrogen and oxygen atoms in total. The summed E-state index contributed by atoms with van der Waals surface area (Å²) in [6.07, 6.45) is 2.01. The minimum absolute atomic E-state index is 0.00748. The zero-order valence-electron chi connectivity index (χ0n) is 12.0. The van der Waals surface area contributed by atoms with Crippen molar-refractivity contribution in [1.82, 2.24) is 4.90 Å². The van der Waals surface area contributed by atoms with Crippen LogP contribution in [0.4, 0.5) is 0 Å². The van der Waals surface area contributed by atoms with Crippen LogP contribution in [-0.4, -0.2) is 45.5 Å². The maximum atomic E-state index is 12.6. The highest BCUT2D eigenvalue weighted by Gasteiger charge is 2.33. The van der Waals surface area contributed by atoms with E-state index in [0.29, 0.717) is 24.3 Å². The number of carbonyl (C=O) groups is 1. The topological polar surface area (TPSA) is 63.7 Å². The number of amides is 1. The van der Waals surface area contributed by atoms with Crippen LogP contribution in [0.1, 0.15) is 28.8 Å². The number of halogens is 1. The fourth-order valence-corrected chi connectivity index (χ4v) is 3.04. The van der Waals surface area contributed by atoms with Crippen molar-refractivity contribution in [3.63, 3.8) is 0 Å². The van der Waals surface area contributed by atoms with E-state index >= 15 is 0 Å². The number of nitrogens with zero attached hydrogens (tertiary/aromatic N) is 1. The second-order valence-corrected chi connectivity index (χ2v) is 7.70. The molecule has 1 aromatic carbocycles. The molecule has 0 radical (unpaired) electrons. The number of benzene rings is 1. The Morgan fingerprint density at radius 2 is 2.10 bits per heavy atom. The van der Waals surface area contributed by atoms with Gasteiger partial charge in [0.2, 0.25) is 0 Å². The molecule has 0 atom stereocenters. The molecule has 21 heavy (non-hydrogen) atoms. The van der Waals surface area contributed by atoms with E-state index in [9.17, 15) is 13.2 Å². The summed E-state index contributed by atoms with van der Waals surface area (Å²) in [5.74, 6) is -0.0921. The van der Waals surface area contributed by atoms with Crippen LogP contribution < -0.4 is 0 Å². The van der Waals surface area contributed by atoms with Gasteiger partial charge in [-0.1, -0.05) is 0 Å². The van der Waals surface area contributed by atoms with Crippen LogP contribution in [-0.2, 0) is 13.8 Å². The molecule has 1 aliphatic rings. The molecule has 0 N–H and O–H groups in total. The monoisotopic (exact) mass is 331 g/mol. The van der Waals surface area contributed by atoms with Gasteiger partial charge in [0, 0.05) is 35.9 Å². The second-order valence-electron chi connectivity index (χ2n) is 5.14. The average molecular weight is 332 g/mol. The van der Waals surface area contributed by atoms with Gasteiger partial charge in [0.1, 0.15) is 0 Å². The molecule has 116 valence electrons. The van der Waals surface area contributed by atoms with Crippen LogP contribution in [0.25, 0.3) is 0 Å². The number of rotatable bonds is 6. The molecule has 0 bridgehead atoms. The van der Waals surface area contributed by atoms with Crippen LogP contribution in [0.5, 0.6) is 0 Å². The Balaban J connectivity index is 2.25. The summed E-state index contributed by atoms with van der Waals surface area (Å²) in [4.78, 5) is 14.4. The smallest absolute Gasteiger partial charge is 0.261 e. The van der Waals surface area contributed by atoms with Gasteiger partial charge in [-0.05, 0) is 43.5 Å². The third-order valence-corrected chi connectivity index (χ3v) is 4.85. The van der Waals surface area contributed by atoms with E-state index in [0.717, 1.165) is 12.8 Å². The van der Waals surface area contributed by atoms with E-state index in [1.807, 2.05) is 0 Å². The lowest BCUT2D eigenvalue weighted by Gasteiger charge is -2.23. The standard InChI is InChI=1S/C14H18ClNO4S/c1-10-9-12(21(15,18)19)5-6-13(10)14(17)16(7-8-20-2)11-3-4-11/h5-6,9,11H,3-4,7-8H2,1-2H3. The van der Waals surface area contributed by atoms with E-state index in [2.05, 4.69) is 0 Å². The number of ether oxygens (including phenoxy) is 1. The lowest BCUT2D eigenvalue weighted by atomic mass is 10.1. The molecule has 0 saturated heterocycles. The number of methoxy groups -OCH3 is 1. The predicted octanol–water partition coefficient (Wildman–Crippen LogP) is 2.17. The quantitative estimate of drug-likeness (QED) is 0.749. The summed E-state index contributed by atoms with van der Waals surface area (Å²) in [5, 5.41) is 0. The van der Waals surface area contributed by atoms with E-state index in [1.165, 1.54) is 18.2 Å². The Morgan fingerprint density at radius 1 is 1.43 bits per heavy atom. The van der Waals surface area contributed by atoms with Gasteiger partial charge in [0.25, 0.3) is 15.0 Å². The molecule has 1 amide bonds. The van der Waals surface area contributed by atoms with Crippen LogP contribution in [0, 0.1) is 6.92 Å². The normalized spacial score (nSPS) is 15.0. The molecule has 1 aromatic rings. The van der Waals surface area contributed by atoms with Gasteiger partial charge in [-0.15, -0.1) is 0 Å². The van der Waals surface area contributed by atoms with Crippen molar-refractivity contribution in [3.8, 4) is 0 Å². The SMILES string of the molecule is COCCN(C(=O)c1ccc(S(=O)(=O)Cl)cc1C)C1CC1. The van der Waals surface area contributed by atoms with Crippen LogP contribution >= 0.6 is 10.7 Å². The number of hydrogen-bond acceptors (Lipinski definition) is 4. The minimum Gasteiger partial charge on any atom is -0.383 e. The lowest BCUT2D eigenvalue weighted by molar-refractivity contribution is 0.0679. The molecule has 0 spiro atoms. The first-order valence-electron chi connectivity index (χ1n) is 6.70. The van der Waals surface area contributed by atoms with E-state index in [-0.39, 0.29) is 16.8 Å². The third-order valence-electron chi connectivity index (χ3n) is 3.49. The summed E-state index contributed by atoms with van der Waals surface area (Å²) >= 11 is 0. The zero-order chi connectivity index (χ0) is 15.6. The van der Waals surface area contributed by atoms with Crippen molar-refractivity contribution >= 4 is 25.6 Å². The van der Waals surface area contributed by atoms with Crippen LogP contribution in [0.3, 0.4) is 0 Å². The minimum atomic E-state index is -3.78. The molecule has 1 saturated carbocycles. The molecule has 1 fully saturated rings. The Hall–Kier alpha value is -1.11. The first-order chi connectivity index (χ1) is 9.84. The molecule has 0 unspecified atom stereocenters. The second kappa shape index (κ2) is 6.34.